The predicted octanol–water partition coefficient (Wildman–Crippen LogP) is 2.39. The summed E-state index contributed by atoms with van der Waals surface area (Å²) in [5, 5.41) is 0. The van der Waals surface area contributed by atoms with Crippen molar-refractivity contribution in [3.8, 4) is 0 Å². The summed E-state index contributed by atoms with van der Waals surface area (Å²) in [7, 11) is 0. The van der Waals surface area contributed by atoms with E-state index in [1.807, 2.05) is 30.7 Å². The zero-order chi connectivity index (χ0) is 11.4. The second-order valence-corrected chi connectivity index (χ2v) is 4.57. The van der Waals surface area contributed by atoms with Gasteiger partial charge in [-0.3, -0.25) is 0 Å². The van der Waals surface area contributed by atoms with Gasteiger partial charge in [0.2, 0.25) is 0 Å². The summed E-state index contributed by atoms with van der Waals surface area (Å²) >= 11 is 3.56. The van der Waals surface area contributed by atoms with Crippen LogP contribution in [0.2, 0.25) is 0 Å². The van der Waals surface area contributed by atoms with E-state index in [2.05, 4.69) is 31.5 Å². The summed E-state index contributed by atoms with van der Waals surface area (Å²) in [5.74, 6) is 0.310. The van der Waals surface area contributed by atoms with Gasteiger partial charge in [-0.25, -0.2) is 4.98 Å². The van der Waals surface area contributed by atoms with Crippen LogP contribution in [0.4, 0.5) is 0 Å². The molecular weight excluding hydrogens is 266 g/mol. The molecule has 1 aromatic heterocycles. The molecule has 0 radical (unpaired) electrons. The van der Waals surface area contributed by atoms with Crippen molar-refractivity contribution in [3.05, 3.63) is 53.0 Å². The van der Waals surface area contributed by atoms with Crippen molar-refractivity contribution in [2.24, 2.45) is 5.73 Å². The smallest absolute Gasteiger partial charge is 0.0946 e. The average Bonchev–Trinajstić information content (AvgIpc) is 2.80. The highest BCUT2D eigenvalue weighted by atomic mass is 79.9. The van der Waals surface area contributed by atoms with Crippen molar-refractivity contribution in [2.75, 3.05) is 6.54 Å². The van der Waals surface area contributed by atoms with Crippen molar-refractivity contribution in [1.29, 1.82) is 0 Å². The van der Waals surface area contributed by atoms with Crippen LogP contribution in [0.3, 0.4) is 0 Å². The fourth-order valence-electron chi connectivity index (χ4n) is 1.76. The zero-order valence-electron chi connectivity index (χ0n) is 8.88. The van der Waals surface area contributed by atoms with Crippen molar-refractivity contribution in [1.82, 2.24) is 9.55 Å². The maximum Gasteiger partial charge on any atom is 0.0946 e. The number of imidazole rings is 1. The van der Waals surface area contributed by atoms with Gasteiger partial charge in [-0.1, -0.05) is 34.1 Å². The van der Waals surface area contributed by atoms with E-state index in [0.717, 1.165) is 11.0 Å². The van der Waals surface area contributed by atoms with Gasteiger partial charge in [0.15, 0.2) is 0 Å². The average molecular weight is 280 g/mol. The first kappa shape index (κ1) is 11.4. The molecule has 0 aliphatic heterocycles. The van der Waals surface area contributed by atoms with Gasteiger partial charge in [-0.2, -0.15) is 0 Å². The third-order valence-electron chi connectivity index (χ3n) is 2.62. The van der Waals surface area contributed by atoms with Gasteiger partial charge in [0.1, 0.15) is 0 Å². The van der Waals surface area contributed by atoms with Crippen LogP contribution >= 0.6 is 15.9 Å². The van der Waals surface area contributed by atoms with Crippen molar-refractivity contribution in [3.63, 3.8) is 0 Å². The Morgan fingerprint density at radius 2 is 2.19 bits per heavy atom. The number of hydrogen-bond acceptors (Lipinski definition) is 2. The molecule has 0 saturated carbocycles. The first-order valence-corrected chi connectivity index (χ1v) is 6.01. The molecule has 1 atom stereocenters. The van der Waals surface area contributed by atoms with Crippen LogP contribution in [0.1, 0.15) is 11.5 Å². The highest BCUT2D eigenvalue weighted by Crippen LogP contribution is 2.25. The molecule has 0 aliphatic rings. The van der Waals surface area contributed by atoms with E-state index in [0.29, 0.717) is 12.5 Å². The standard InChI is InChI=1S/C12H14BrN3/c13-12-4-2-1-3-11(12)10(7-14)8-16-6-5-15-9-16/h1-6,9-10H,7-8,14H2. The van der Waals surface area contributed by atoms with Crippen LogP contribution in [0.5, 0.6) is 0 Å². The molecule has 0 aliphatic carbocycles. The van der Waals surface area contributed by atoms with Crippen LogP contribution < -0.4 is 5.73 Å². The third kappa shape index (κ3) is 2.51. The molecule has 0 spiro atoms. The molecule has 0 fully saturated rings. The molecule has 4 heteroatoms. The number of rotatable bonds is 4. The maximum absolute atomic E-state index is 5.84. The van der Waals surface area contributed by atoms with E-state index in [1.54, 1.807) is 6.20 Å². The van der Waals surface area contributed by atoms with E-state index < -0.39 is 0 Å². The number of nitrogens with zero attached hydrogens (tertiary/aromatic N) is 2. The van der Waals surface area contributed by atoms with Gasteiger partial charge < -0.3 is 10.3 Å². The molecule has 2 aromatic rings. The number of aromatic nitrogens is 2. The van der Waals surface area contributed by atoms with Crippen LogP contribution in [0, 0.1) is 0 Å². The van der Waals surface area contributed by atoms with Crippen LogP contribution in [0.25, 0.3) is 0 Å². The summed E-state index contributed by atoms with van der Waals surface area (Å²) in [6, 6.07) is 8.21. The number of hydrogen-bond donors (Lipinski definition) is 1. The molecule has 1 aromatic carbocycles. The number of benzene rings is 1. The van der Waals surface area contributed by atoms with E-state index in [1.165, 1.54) is 5.56 Å². The molecule has 1 heterocycles. The number of halogens is 1. The Labute approximate surface area is 103 Å². The number of nitrogens with two attached hydrogens (primary N) is 1. The van der Waals surface area contributed by atoms with Crippen LogP contribution in [-0.4, -0.2) is 16.1 Å². The largest absolute Gasteiger partial charge is 0.337 e. The lowest BCUT2D eigenvalue weighted by Gasteiger charge is -2.17. The first-order chi connectivity index (χ1) is 7.81. The van der Waals surface area contributed by atoms with E-state index in [9.17, 15) is 0 Å². The predicted molar refractivity (Wildman–Crippen MR) is 68.2 cm³/mol. The third-order valence-corrected chi connectivity index (χ3v) is 3.34. The summed E-state index contributed by atoms with van der Waals surface area (Å²) in [6.45, 7) is 1.49. The highest BCUT2D eigenvalue weighted by Gasteiger charge is 2.12. The minimum Gasteiger partial charge on any atom is -0.337 e. The quantitative estimate of drug-likeness (QED) is 0.934. The first-order valence-electron chi connectivity index (χ1n) is 5.21. The molecule has 0 saturated heterocycles. The van der Waals surface area contributed by atoms with Gasteiger partial charge in [-0.15, -0.1) is 0 Å². The molecule has 2 rings (SSSR count). The van der Waals surface area contributed by atoms with Gasteiger partial charge in [0, 0.05) is 35.9 Å². The van der Waals surface area contributed by atoms with E-state index >= 15 is 0 Å². The monoisotopic (exact) mass is 279 g/mol. The Morgan fingerprint density at radius 1 is 1.38 bits per heavy atom. The fourth-order valence-corrected chi connectivity index (χ4v) is 2.36. The zero-order valence-corrected chi connectivity index (χ0v) is 10.5. The molecule has 2 N–H and O–H groups in total. The molecule has 0 amide bonds. The molecule has 1 unspecified atom stereocenters. The summed E-state index contributed by atoms with van der Waals surface area (Å²) < 4.78 is 3.17. The maximum atomic E-state index is 5.84. The molecule has 0 bridgehead atoms. The second-order valence-electron chi connectivity index (χ2n) is 3.71. The normalized spacial score (nSPS) is 12.6. The molecule has 16 heavy (non-hydrogen) atoms. The molecule has 84 valence electrons. The Hall–Kier alpha value is -1.13. The van der Waals surface area contributed by atoms with Crippen LogP contribution in [-0.2, 0) is 6.54 Å². The Bertz CT molecular complexity index is 439. The SMILES string of the molecule is NCC(Cn1ccnc1)c1ccccc1Br. The summed E-state index contributed by atoms with van der Waals surface area (Å²) in [5.41, 5.74) is 7.08. The lowest BCUT2D eigenvalue weighted by atomic mass is 9.99. The highest BCUT2D eigenvalue weighted by molar-refractivity contribution is 9.10. The minimum absolute atomic E-state index is 0.310. The Balaban J connectivity index is 2.20. The van der Waals surface area contributed by atoms with Crippen molar-refractivity contribution >= 4 is 15.9 Å². The second kappa shape index (κ2) is 5.27. The minimum atomic E-state index is 0.310. The van der Waals surface area contributed by atoms with Gasteiger partial charge >= 0.3 is 0 Å². The van der Waals surface area contributed by atoms with Gasteiger partial charge in [0.25, 0.3) is 0 Å². The summed E-state index contributed by atoms with van der Waals surface area (Å²) in [4.78, 5) is 4.04. The molecule has 3 nitrogen and oxygen atoms in total. The van der Waals surface area contributed by atoms with E-state index in [-0.39, 0.29) is 0 Å². The fraction of sp³-hybridized carbons (Fsp3) is 0.250. The lowest BCUT2D eigenvalue weighted by molar-refractivity contribution is 0.564. The van der Waals surface area contributed by atoms with Gasteiger partial charge in [0.05, 0.1) is 6.33 Å². The summed E-state index contributed by atoms with van der Waals surface area (Å²) in [6.07, 6.45) is 5.56. The van der Waals surface area contributed by atoms with Crippen molar-refractivity contribution in [2.45, 2.75) is 12.5 Å². The van der Waals surface area contributed by atoms with Gasteiger partial charge in [-0.05, 0) is 11.6 Å². The van der Waals surface area contributed by atoms with E-state index in [4.69, 9.17) is 5.73 Å². The Kier molecular flexibility index (Phi) is 3.74. The topological polar surface area (TPSA) is 43.8 Å². The lowest BCUT2D eigenvalue weighted by Crippen LogP contribution is -2.18. The van der Waals surface area contributed by atoms with Crippen LogP contribution in [0.15, 0.2) is 47.5 Å². The Morgan fingerprint density at radius 3 is 2.81 bits per heavy atom. The molecular formula is C12H14BrN3. The van der Waals surface area contributed by atoms with Crippen molar-refractivity contribution < 1.29 is 0 Å².